The van der Waals surface area contributed by atoms with E-state index in [2.05, 4.69) is 10.2 Å². The van der Waals surface area contributed by atoms with E-state index in [0.29, 0.717) is 12.1 Å². The number of phenols is 1. The lowest BCUT2D eigenvalue weighted by atomic mass is 10.1. The van der Waals surface area contributed by atoms with E-state index in [0.717, 1.165) is 5.56 Å². The van der Waals surface area contributed by atoms with Crippen LogP contribution in [0.15, 0.2) is 12.1 Å². The highest BCUT2D eigenvalue weighted by Gasteiger charge is 2.12. The predicted octanol–water partition coefficient (Wildman–Crippen LogP) is 0.629. The number of benzene rings is 1. The number of nitrogens with two attached hydrogens (primary N) is 1. The summed E-state index contributed by atoms with van der Waals surface area (Å²) in [5.41, 5.74) is 1.88. The van der Waals surface area contributed by atoms with E-state index in [4.69, 9.17) is 5.90 Å². The van der Waals surface area contributed by atoms with Crippen LogP contribution in [0.5, 0.6) is 5.75 Å². The fraction of sp³-hybridized carbons (Fsp3) is 0.364. The van der Waals surface area contributed by atoms with Crippen LogP contribution in [0.1, 0.15) is 21.5 Å². The molecule has 1 rings (SSSR count). The molecule has 0 aliphatic carbocycles. The SMILES string of the molecule is Cc1cc(C)c(O)c(C(=O)NCCON)c1. The van der Waals surface area contributed by atoms with E-state index in [1.165, 1.54) is 0 Å². The maximum atomic E-state index is 11.7. The molecule has 0 aliphatic rings. The molecule has 0 unspecified atom stereocenters. The number of hydrogen-bond donors (Lipinski definition) is 3. The first-order chi connectivity index (χ1) is 7.56. The maximum absolute atomic E-state index is 11.7. The average molecular weight is 224 g/mol. The molecule has 0 aromatic heterocycles. The van der Waals surface area contributed by atoms with Crippen LogP contribution < -0.4 is 11.2 Å². The normalized spacial score (nSPS) is 10.2. The summed E-state index contributed by atoms with van der Waals surface area (Å²) in [7, 11) is 0. The number of aromatic hydroxyl groups is 1. The van der Waals surface area contributed by atoms with Gasteiger partial charge in [-0.1, -0.05) is 6.07 Å². The quantitative estimate of drug-likeness (QED) is 0.517. The van der Waals surface area contributed by atoms with E-state index in [1.54, 1.807) is 13.0 Å². The molecule has 1 amide bonds. The summed E-state index contributed by atoms with van der Waals surface area (Å²) < 4.78 is 0. The zero-order chi connectivity index (χ0) is 12.1. The van der Waals surface area contributed by atoms with Gasteiger partial charge >= 0.3 is 0 Å². The lowest BCUT2D eigenvalue weighted by Crippen LogP contribution is -2.28. The summed E-state index contributed by atoms with van der Waals surface area (Å²) in [4.78, 5) is 16.0. The zero-order valence-corrected chi connectivity index (χ0v) is 9.41. The van der Waals surface area contributed by atoms with Crippen LogP contribution in [0.4, 0.5) is 0 Å². The Kier molecular flexibility index (Phi) is 4.28. The molecular weight excluding hydrogens is 208 g/mol. The van der Waals surface area contributed by atoms with Gasteiger partial charge in [-0.2, -0.15) is 0 Å². The number of amides is 1. The van der Waals surface area contributed by atoms with Gasteiger partial charge < -0.3 is 15.3 Å². The lowest BCUT2D eigenvalue weighted by Gasteiger charge is -2.09. The predicted molar refractivity (Wildman–Crippen MR) is 60.1 cm³/mol. The van der Waals surface area contributed by atoms with Gasteiger partial charge in [0.05, 0.1) is 12.2 Å². The second kappa shape index (κ2) is 5.48. The van der Waals surface area contributed by atoms with Crippen molar-refractivity contribution >= 4 is 5.91 Å². The van der Waals surface area contributed by atoms with Crippen molar-refractivity contribution in [3.63, 3.8) is 0 Å². The number of phenolic OH excluding ortho intramolecular Hbond substituents is 1. The molecule has 0 fully saturated rings. The summed E-state index contributed by atoms with van der Waals surface area (Å²) in [5, 5.41) is 12.3. The Balaban J connectivity index is 2.82. The Morgan fingerprint density at radius 3 is 2.81 bits per heavy atom. The monoisotopic (exact) mass is 224 g/mol. The fourth-order valence-corrected chi connectivity index (χ4v) is 1.45. The van der Waals surface area contributed by atoms with Crippen LogP contribution in [0.25, 0.3) is 0 Å². The molecule has 88 valence electrons. The number of carbonyl (C=O) groups excluding carboxylic acids is 1. The minimum Gasteiger partial charge on any atom is -0.507 e. The van der Waals surface area contributed by atoms with Crippen molar-refractivity contribution < 1.29 is 14.7 Å². The van der Waals surface area contributed by atoms with Crippen LogP contribution in [-0.4, -0.2) is 24.2 Å². The van der Waals surface area contributed by atoms with Crippen molar-refractivity contribution in [3.8, 4) is 5.75 Å². The van der Waals surface area contributed by atoms with Crippen LogP contribution in [0.3, 0.4) is 0 Å². The van der Waals surface area contributed by atoms with Gasteiger partial charge in [0.25, 0.3) is 5.91 Å². The van der Waals surface area contributed by atoms with Crippen molar-refractivity contribution in [2.75, 3.05) is 13.2 Å². The Morgan fingerprint density at radius 1 is 1.50 bits per heavy atom. The molecule has 5 heteroatoms. The third kappa shape index (κ3) is 2.95. The molecule has 16 heavy (non-hydrogen) atoms. The molecule has 0 saturated carbocycles. The van der Waals surface area contributed by atoms with Gasteiger partial charge in [-0.3, -0.25) is 4.79 Å². The summed E-state index contributed by atoms with van der Waals surface area (Å²) in [6, 6.07) is 3.45. The number of hydrogen-bond acceptors (Lipinski definition) is 4. The maximum Gasteiger partial charge on any atom is 0.255 e. The minimum atomic E-state index is -0.332. The smallest absolute Gasteiger partial charge is 0.255 e. The molecule has 5 nitrogen and oxygen atoms in total. The number of carbonyl (C=O) groups is 1. The number of nitrogens with one attached hydrogen (secondary N) is 1. The van der Waals surface area contributed by atoms with E-state index in [9.17, 15) is 9.90 Å². The van der Waals surface area contributed by atoms with Gasteiger partial charge in [0.2, 0.25) is 0 Å². The van der Waals surface area contributed by atoms with Crippen molar-refractivity contribution in [1.29, 1.82) is 0 Å². The molecule has 0 bridgehead atoms. The largest absolute Gasteiger partial charge is 0.507 e. The Bertz CT molecular complexity index is 391. The fourth-order valence-electron chi connectivity index (χ4n) is 1.45. The number of rotatable bonds is 4. The molecule has 0 heterocycles. The van der Waals surface area contributed by atoms with Crippen LogP contribution >= 0.6 is 0 Å². The molecular formula is C11H16N2O3. The third-order valence-corrected chi connectivity index (χ3v) is 2.19. The summed E-state index contributed by atoms with van der Waals surface area (Å²) in [6.45, 7) is 4.16. The molecule has 1 aromatic carbocycles. The summed E-state index contributed by atoms with van der Waals surface area (Å²) in [6.07, 6.45) is 0. The highest BCUT2D eigenvalue weighted by atomic mass is 16.6. The highest BCUT2D eigenvalue weighted by molar-refractivity contribution is 5.97. The van der Waals surface area contributed by atoms with Gasteiger partial charge in [0, 0.05) is 6.54 Å². The van der Waals surface area contributed by atoms with E-state index in [1.807, 2.05) is 13.0 Å². The van der Waals surface area contributed by atoms with Gasteiger partial charge in [0.1, 0.15) is 5.75 Å². The lowest BCUT2D eigenvalue weighted by molar-refractivity contribution is 0.0914. The molecule has 0 saturated heterocycles. The second-order valence-corrected chi connectivity index (χ2v) is 3.60. The summed E-state index contributed by atoms with van der Waals surface area (Å²) in [5.74, 6) is 4.51. The van der Waals surface area contributed by atoms with Crippen LogP contribution in [0.2, 0.25) is 0 Å². The van der Waals surface area contributed by atoms with E-state index in [-0.39, 0.29) is 23.8 Å². The average Bonchev–Trinajstić information content (AvgIpc) is 2.23. The standard InChI is InChI=1S/C11H16N2O3/c1-7-5-8(2)10(14)9(6-7)11(15)13-3-4-16-12/h5-6,14H,3-4,12H2,1-2H3,(H,13,15). The van der Waals surface area contributed by atoms with Crippen LogP contribution in [-0.2, 0) is 4.84 Å². The first kappa shape index (κ1) is 12.5. The van der Waals surface area contributed by atoms with Crippen LogP contribution in [0, 0.1) is 13.8 Å². The second-order valence-electron chi connectivity index (χ2n) is 3.60. The molecule has 0 aliphatic heterocycles. The van der Waals surface area contributed by atoms with Crippen molar-refractivity contribution in [3.05, 3.63) is 28.8 Å². The summed E-state index contributed by atoms with van der Waals surface area (Å²) >= 11 is 0. The highest BCUT2D eigenvalue weighted by Crippen LogP contribution is 2.23. The molecule has 0 atom stereocenters. The van der Waals surface area contributed by atoms with E-state index < -0.39 is 0 Å². The third-order valence-electron chi connectivity index (χ3n) is 2.19. The molecule has 0 spiro atoms. The number of aryl methyl sites for hydroxylation is 2. The zero-order valence-electron chi connectivity index (χ0n) is 9.41. The van der Waals surface area contributed by atoms with Gasteiger partial charge in [-0.15, -0.1) is 0 Å². The Morgan fingerprint density at radius 2 is 2.19 bits per heavy atom. The van der Waals surface area contributed by atoms with Crippen molar-refractivity contribution in [1.82, 2.24) is 5.32 Å². The van der Waals surface area contributed by atoms with Gasteiger partial charge in [-0.05, 0) is 31.0 Å². The first-order valence-electron chi connectivity index (χ1n) is 4.96. The van der Waals surface area contributed by atoms with Gasteiger partial charge in [0.15, 0.2) is 0 Å². The molecule has 0 radical (unpaired) electrons. The molecule has 4 N–H and O–H groups in total. The Hall–Kier alpha value is -1.59. The van der Waals surface area contributed by atoms with E-state index >= 15 is 0 Å². The topological polar surface area (TPSA) is 84.6 Å². The van der Waals surface area contributed by atoms with Crippen molar-refractivity contribution in [2.45, 2.75) is 13.8 Å². The first-order valence-corrected chi connectivity index (χ1v) is 4.96. The van der Waals surface area contributed by atoms with Gasteiger partial charge in [-0.25, -0.2) is 5.90 Å². The Labute approximate surface area is 94.2 Å². The minimum absolute atomic E-state index is 0.0109. The van der Waals surface area contributed by atoms with Crippen molar-refractivity contribution in [2.24, 2.45) is 5.90 Å². The molecule has 1 aromatic rings.